The summed E-state index contributed by atoms with van der Waals surface area (Å²) in [5, 5.41) is 0. The van der Waals surface area contributed by atoms with Gasteiger partial charge in [-0.15, -0.1) is 11.8 Å². The molecule has 0 bridgehead atoms. The van der Waals surface area contributed by atoms with Gasteiger partial charge in [0, 0.05) is 4.91 Å². The molecule has 9 heavy (non-hydrogen) atoms. The Bertz CT molecular complexity index is 127. The summed E-state index contributed by atoms with van der Waals surface area (Å²) in [6, 6.07) is 0. The Kier molecular flexibility index (Phi) is 4.50. The van der Waals surface area contributed by atoms with Crippen LogP contribution in [0.1, 0.15) is 20.3 Å². The lowest BCUT2D eigenvalue weighted by Gasteiger charge is -1.97. The van der Waals surface area contributed by atoms with Gasteiger partial charge in [-0.05, 0) is 19.6 Å². The van der Waals surface area contributed by atoms with Crippen molar-refractivity contribution in [2.45, 2.75) is 20.3 Å². The van der Waals surface area contributed by atoms with Crippen molar-refractivity contribution >= 4 is 18.0 Å². The summed E-state index contributed by atoms with van der Waals surface area (Å²) in [6.45, 7) is 4.04. The van der Waals surface area contributed by atoms with Crippen LogP contribution in [0.4, 0.5) is 0 Å². The Labute approximate surface area is 60.5 Å². The monoisotopic (exact) mass is 144 g/mol. The summed E-state index contributed by atoms with van der Waals surface area (Å²) in [5.74, 6) is 0. The van der Waals surface area contributed by atoms with Crippen molar-refractivity contribution in [2.24, 2.45) is 0 Å². The standard InChI is InChI=1S/C7H12OS/c1-4-6(2)7(5-8)9-3/h5H,4H2,1-3H3. The Morgan fingerprint density at radius 1 is 1.67 bits per heavy atom. The van der Waals surface area contributed by atoms with Crippen LogP contribution in [-0.4, -0.2) is 12.5 Å². The van der Waals surface area contributed by atoms with E-state index in [1.165, 1.54) is 17.3 Å². The summed E-state index contributed by atoms with van der Waals surface area (Å²) in [7, 11) is 0. The van der Waals surface area contributed by atoms with Crippen LogP contribution in [0.3, 0.4) is 0 Å². The van der Waals surface area contributed by atoms with Crippen molar-refractivity contribution in [3.63, 3.8) is 0 Å². The smallest absolute Gasteiger partial charge is 0.156 e. The summed E-state index contributed by atoms with van der Waals surface area (Å²) in [6.07, 6.45) is 3.81. The van der Waals surface area contributed by atoms with Crippen LogP contribution in [0.2, 0.25) is 0 Å². The lowest BCUT2D eigenvalue weighted by atomic mass is 10.2. The van der Waals surface area contributed by atoms with Gasteiger partial charge in [-0.1, -0.05) is 12.5 Å². The van der Waals surface area contributed by atoms with Crippen LogP contribution < -0.4 is 0 Å². The molecule has 0 atom stereocenters. The van der Waals surface area contributed by atoms with Crippen LogP contribution >= 0.6 is 11.8 Å². The van der Waals surface area contributed by atoms with Crippen LogP contribution in [0, 0.1) is 0 Å². The van der Waals surface area contributed by atoms with Gasteiger partial charge in [-0.2, -0.15) is 0 Å². The van der Waals surface area contributed by atoms with Crippen molar-refractivity contribution in [2.75, 3.05) is 6.26 Å². The SMILES string of the molecule is CCC(C)=C(C=O)SC. The topological polar surface area (TPSA) is 17.1 Å². The lowest BCUT2D eigenvalue weighted by Crippen LogP contribution is -1.82. The first kappa shape index (κ1) is 8.76. The number of allylic oxidation sites excluding steroid dienone is 2. The third kappa shape index (κ3) is 2.70. The van der Waals surface area contributed by atoms with Crippen molar-refractivity contribution in [1.82, 2.24) is 0 Å². The summed E-state index contributed by atoms with van der Waals surface area (Å²) < 4.78 is 0. The van der Waals surface area contributed by atoms with Gasteiger partial charge in [0.15, 0.2) is 6.29 Å². The second-order valence-corrected chi connectivity index (χ2v) is 2.67. The van der Waals surface area contributed by atoms with E-state index in [0.29, 0.717) is 0 Å². The Hall–Kier alpha value is -0.240. The van der Waals surface area contributed by atoms with E-state index in [1.807, 2.05) is 13.2 Å². The average molecular weight is 144 g/mol. The molecule has 0 N–H and O–H groups in total. The van der Waals surface area contributed by atoms with Gasteiger partial charge in [-0.25, -0.2) is 0 Å². The third-order valence-electron chi connectivity index (χ3n) is 1.28. The minimum atomic E-state index is 0.873. The molecule has 0 aromatic carbocycles. The Morgan fingerprint density at radius 3 is 2.33 bits per heavy atom. The molecule has 0 saturated carbocycles. The second kappa shape index (κ2) is 4.62. The summed E-state index contributed by atoms with van der Waals surface area (Å²) >= 11 is 1.51. The number of carbonyl (C=O) groups is 1. The largest absolute Gasteiger partial charge is 0.297 e. The number of thioether (sulfide) groups is 1. The van der Waals surface area contributed by atoms with Crippen molar-refractivity contribution in [3.8, 4) is 0 Å². The van der Waals surface area contributed by atoms with Crippen LogP contribution in [-0.2, 0) is 4.79 Å². The molecule has 0 aliphatic rings. The maximum Gasteiger partial charge on any atom is 0.156 e. The van der Waals surface area contributed by atoms with E-state index in [9.17, 15) is 4.79 Å². The zero-order valence-electron chi connectivity index (χ0n) is 6.10. The molecule has 0 aromatic rings. The zero-order valence-corrected chi connectivity index (χ0v) is 6.92. The number of carbonyl (C=O) groups excluding carboxylic acids is 1. The molecule has 0 aliphatic carbocycles. The van der Waals surface area contributed by atoms with Gasteiger partial charge in [0.2, 0.25) is 0 Å². The molecule has 0 amide bonds. The Morgan fingerprint density at radius 2 is 2.22 bits per heavy atom. The molecule has 0 radical (unpaired) electrons. The number of aldehydes is 1. The first-order valence-electron chi connectivity index (χ1n) is 2.95. The van der Waals surface area contributed by atoms with E-state index < -0.39 is 0 Å². The highest BCUT2D eigenvalue weighted by molar-refractivity contribution is 8.03. The molecule has 0 saturated heterocycles. The van der Waals surface area contributed by atoms with Gasteiger partial charge >= 0.3 is 0 Å². The molecule has 0 aliphatic heterocycles. The average Bonchev–Trinajstić information content (AvgIpc) is 1.90. The van der Waals surface area contributed by atoms with Crippen LogP contribution in [0.15, 0.2) is 10.5 Å². The molecule has 0 aromatic heterocycles. The first-order valence-corrected chi connectivity index (χ1v) is 4.17. The van der Waals surface area contributed by atoms with E-state index in [0.717, 1.165) is 17.6 Å². The second-order valence-electron chi connectivity index (χ2n) is 1.82. The molecule has 52 valence electrons. The Balaban J connectivity index is 4.18. The highest BCUT2D eigenvalue weighted by Crippen LogP contribution is 2.15. The molecule has 0 heterocycles. The molecule has 0 rings (SSSR count). The normalized spacial score (nSPS) is 12.8. The maximum atomic E-state index is 10.3. The summed E-state index contributed by atoms with van der Waals surface area (Å²) in [5.41, 5.74) is 1.18. The highest BCUT2D eigenvalue weighted by atomic mass is 32.2. The van der Waals surface area contributed by atoms with Gasteiger partial charge in [0.1, 0.15) is 0 Å². The van der Waals surface area contributed by atoms with E-state index in [2.05, 4.69) is 6.92 Å². The molecule has 0 spiro atoms. The minimum absolute atomic E-state index is 0.873. The first-order chi connectivity index (χ1) is 4.26. The van der Waals surface area contributed by atoms with Crippen LogP contribution in [0.25, 0.3) is 0 Å². The quantitative estimate of drug-likeness (QED) is 0.446. The third-order valence-corrected chi connectivity index (χ3v) is 2.16. The number of hydrogen-bond acceptors (Lipinski definition) is 2. The van der Waals surface area contributed by atoms with Crippen molar-refractivity contribution in [1.29, 1.82) is 0 Å². The van der Waals surface area contributed by atoms with Crippen molar-refractivity contribution < 1.29 is 4.79 Å². The van der Waals surface area contributed by atoms with Gasteiger partial charge in [-0.3, -0.25) is 4.79 Å². The molecular weight excluding hydrogens is 132 g/mol. The van der Waals surface area contributed by atoms with Crippen molar-refractivity contribution in [3.05, 3.63) is 10.5 Å². The fraction of sp³-hybridized carbons (Fsp3) is 0.571. The highest BCUT2D eigenvalue weighted by Gasteiger charge is 1.95. The van der Waals surface area contributed by atoms with Gasteiger partial charge < -0.3 is 0 Å². The van der Waals surface area contributed by atoms with E-state index >= 15 is 0 Å². The fourth-order valence-electron chi connectivity index (χ4n) is 0.497. The number of hydrogen-bond donors (Lipinski definition) is 0. The molecule has 2 heteroatoms. The predicted octanol–water partition coefficient (Wildman–Crippen LogP) is 2.23. The van der Waals surface area contributed by atoms with E-state index in [4.69, 9.17) is 0 Å². The summed E-state index contributed by atoms with van der Waals surface area (Å²) in [4.78, 5) is 11.1. The zero-order chi connectivity index (χ0) is 7.28. The van der Waals surface area contributed by atoms with Gasteiger partial charge in [0.25, 0.3) is 0 Å². The molecule has 0 fully saturated rings. The van der Waals surface area contributed by atoms with Gasteiger partial charge in [0.05, 0.1) is 0 Å². The van der Waals surface area contributed by atoms with Crippen LogP contribution in [0.5, 0.6) is 0 Å². The lowest BCUT2D eigenvalue weighted by molar-refractivity contribution is -0.104. The predicted molar refractivity (Wildman–Crippen MR) is 42.6 cm³/mol. The van der Waals surface area contributed by atoms with E-state index in [-0.39, 0.29) is 0 Å². The van der Waals surface area contributed by atoms with E-state index in [1.54, 1.807) is 0 Å². The maximum absolute atomic E-state index is 10.3. The fourth-order valence-corrected chi connectivity index (χ4v) is 1.09. The molecule has 1 nitrogen and oxygen atoms in total. The number of rotatable bonds is 3. The molecular formula is C7H12OS. The molecule has 0 unspecified atom stereocenters. The minimum Gasteiger partial charge on any atom is -0.297 e.